The Morgan fingerprint density at radius 1 is 1.12 bits per heavy atom. The van der Waals surface area contributed by atoms with E-state index < -0.39 is 0 Å². The first-order valence-corrected chi connectivity index (χ1v) is 8.64. The fourth-order valence-corrected chi connectivity index (χ4v) is 3.60. The molecule has 1 amide bonds. The number of amides is 1. The third-order valence-electron chi connectivity index (χ3n) is 3.45. The summed E-state index contributed by atoms with van der Waals surface area (Å²) in [6, 6.07) is 8.40. The highest BCUT2D eigenvalue weighted by Crippen LogP contribution is 2.38. The highest BCUT2D eigenvalue weighted by atomic mass is 35.5. The molecular weight excluding hydrogens is 371 g/mol. The number of rotatable bonds is 2. The van der Waals surface area contributed by atoms with Gasteiger partial charge in [-0.3, -0.25) is 10.1 Å². The van der Waals surface area contributed by atoms with Crippen molar-refractivity contribution in [2.24, 2.45) is 0 Å². The number of anilines is 1. The Morgan fingerprint density at radius 3 is 2.67 bits per heavy atom. The van der Waals surface area contributed by atoms with Gasteiger partial charge < -0.3 is 9.47 Å². The molecule has 2 aromatic carbocycles. The number of carbonyl (C=O) groups excluding carboxylic acids is 1. The van der Waals surface area contributed by atoms with E-state index in [1.54, 1.807) is 12.1 Å². The molecule has 0 aliphatic carbocycles. The van der Waals surface area contributed by atoms with E-state index in [1.165, 1.54) is 17.4 Å². The van der Waals surface area contributed by atoms with Gasteiger partial charge in [-0.25, -0.2) is 4.98 Å². The summed E-state index contributed by atoms with van der Waals surface area (Å²) in [6.45, 7) is 1.04. The average Bonchev–Trinajstić information content (AvgIpc) is 2.95. The molecule has 5 nitrogen and oxygen atoms in total. The number of carbonyl (C=O) groups is 1. The molecule has 0 saturated carbocycles. The molecule has 1 aliphatic rings. The molecule has 0 fully saturated rings. The molecule has 0 saturated heterocycles. The monoisotopic (exact) mass is 380 g/mol. The molecule has 3 aromatic rings. The van der Waals surface area contributed by atoms with E-state index >= 15 is 0 Å². The normalized spacial score (nSPS) is 13.1. The van der Waals surface area contributed by atoms with Crippen molar-refractivity contribution in [3.05, 3.63) is 45.9 Å². The molecule has 1 aromatic heterocycles. The van der Waals surface area contributed by atoms with Gasteiger partial charge in [0.15, 0.2) is 16.6 Å². The Balaban J connectivity index is 1.64. The van der Waals surface area contributed by atoms with Crippen LogP contribution in [0.3, 0.4) is 0 Å². The van der Waals surface area contributed by atoms with E-state index in [1.807, 2.05) is 12.1 Å². The summed E-state index contributed by atoms with van der Waals surface area (Å²) in [5, 5.41) is 3.99. The number of aromatic nitrogens is 1. The van der Waals surface area contributed by atoms with Gasteiger partial charge in [0.2, 0.25) is 0 Å². The molecule has 122 valence electrons. The molecule has 0 bridgehead atoms. The van der Waals surface area contributed by atoms with Crippen molar-refractivity contribution in [3.63, 3.8) is 0 Å². The molecule has 2 heterocycles. The van der Waals surface area contributed by atoms with Crippen LogP contribution >= 0.6 is 34.5 Å². The molecule has 0 spiro atoms. The standard InChI is InChI=1S/C16H10Cl2N2O3S/c17-8-1-2-10(18)9(5-8)15(21)20-16-19-11-6-12-13(7-14(11)24-16)23-4-3-22-12/h1-2,5-7H,3-4H2,(H,19,20,21). The van der Waals surface area contributed by atoms with Crippen molar-refractivity contribution < 1.29 is 14.3 Å². The Hall–Kier alpha value is -2.02. The minimum absolute atomic E-state index is 0.300. The Bertz CT molecular complexity index is 915. The number of hydrogen-bond donors (Lipinski definition) is 1. The smallest absolute Gasteiger partial charge is 0.259 e. The number of ether oxygens (including phenoxy) is 2. The number of halogens is 2. The van der Waals surface area contributed by atoms with Crippen LogP contribution < -0.4 is 14.8 Å². The average molecular weight is 381 g/mol. The zero-order valence-corrected chi connectivity index (χ0v) is 14.5. The van der Waals surface area contributed by atoms with Crippen LogP contribution in [0, 0.1) is 0 Å². The zero-order chi connectivity index (χ0) is 16.7. The van der Waals surface area contributed by atoms with Gasteiger partial charge in [0.1, 0.15) is 13.2 Å². The molecule has 8 heteroatoms. The quantitative estimate of drug-likeness (QED) is 0.703. The first-order valence-electron chi connectivity index (χ1n) is 7.07. The number of benzene rings is 2. The van der Waals surface area contributed by atoms with E-state index in [2.05, 4.69) is 10.3 Å². The predicted octanol–water partition coefficient (Wildman–Crippen LogP) is 4.63. The lowest BCUT2D eigenvalue weighted by molar-refractivity contribution is 0.102. The summed E-state index contributed by atoms with van der Waals surface area (Å²) >= 11 is 13.3. The second kappa shape index (κ2) is 6.12. The summed E-state index contributed by atoms with van der Waals surface area (Å²) < 4.78 is 12.0. The number of nitrogens with one attached hydrogen (secondary N) is 1. The highest BCUT2D eigenvalue weighted by Gasteiger charge is 2.17. The van der Waals surface area contributed by atoms with Crippen LogP contribution in [0.25, 0.3) is 10.2 Å². The van der Waals surface area contributed by atoms with Gasteiger partial charge in [-0.2, -0.15) is 0 Å². The van der Waals surface area contributed by atoms with Crippen LogP contribution in [-0.2, 0) is 0 Å². The van der Waals surface area contributed by atoms with Crippen LogP contribution in [0.2, 0.25) is 10.0 Å². The predicted molar refractivity (Wildman–Crippen MR) is 95.0 cm³/mol. The first kappa shape index (κ1) is 15.5. The molecular formula is C16H10Cl2N2O3S. The zero-order valence-electron chi connectivity index (χ0n) is 12.1. The second-order valence-corrected chi connectivity index (χ2v) is 6.94. The maximum atomic E-state index is 12.4. The van der Waals surface area contributed by atoms with Gasteiger partial charge in [-0.05, 0) is 18.2 Å². The maximum absolute atomic E-state index is 12.4. The van der Waals surface area contributed by atoms with Gasteiger partial charge in [-0.1, -0.05) is 34.5 Å². The van der Waals surface area contributed by atoms with Crippen molar-refractivity contribution in [1.29, 1.82) is 0 Å². The van der Waals surface area contributed by atoms with Crippen LogP contribution in [-0.4, -0.2) is 24.1 Å². The third-order valence-corrected chi connectivity index (χ3v) is 4.94. The van der Waals surface area contributed by atoms with Crippen LogP contribution in [0.1, 0.15) is 10.4 Å². The fraction of sp³-hybridized carbons (Fsp3) is 0.125. The Labute approximate surface area is 151 Å². The molecule has 0 radical (unpaired) electrons. The molecule has 1 aliphatic heterocycles. The summed E-state index contributed by atoms with van der Waals surface area (Å²) in [6.07, 6.45) is 0. The summed E-state index contributed by atoms with van der Waals surface area (Å²) in [5.41, 5.74) is 1.03. The summed E-state index contributed by atoms with van der Waals surface area (Å²) in [5.74, 6) is 0.988. The Kier molecular flexibility index (Phi) is 3.96. The molecule has 0 atom stereocenters. The Morgan fingerprint density at radius 2 is 1.88 bits per heavy atom. The number of nitrogens with zero attached hydrogens (tertiary/aromatic N) is 1. The van der Waals surface area contributed by atoms with E-state index in [0.29, 0.717) is 45.5 Å². The van der Waals surface area contributed by atoms with Crippen molar-refractivity contribution in [2.75, 3.05) is 18.5 Å². The minimum atomic E-state index is -0.362. The van der Waals surface area contributed by atoms with Gasteiger partial charge in [0.05, 0.1) is 20.8 Å². The highest BCUT2D eigenvalue weighted by molar-refractivity contribution is 7.22. The van der Waals surface area contributed by atoms with Crippen LogP contribution in [0.5, 0.6) is 11.5 Å². The van der Waals surface area contributed by atoms with Gasteiger partial charge in [-0.15, -0.1) is 0 Å². The first-order chi connectivity index (χ1) is 11.6. The van der Waals surface area contributed by atoms with Crippen molar-refractivity contribution in [1.82, 2.24) is 4.98 Å². The largest absolute Gasteiger partial charge is 0.486 e. The summed E-state index contributed by atoms with van der Waals surface area (Å²) in [7, 11) is 0. The minimum Gasteiger partial charge on any atom is -0.486 e. The summed E-state index contributed by atoms with van der Waals surface area (Å²) in [4.78, 5) is 16.8. The third kappa shape index (κ3) is 2.88. The lowest BCUT2D eigenvalue weighted by atomic mass is 10.2. The van der Waals surface area contributed by atoms with E-state index in [4.69, 9.17) is 32.7 Å². The number of thiazole rings is 1. The van der Waals surface area contributed by atoms with E-state index in [0.717, 1.165) is 10.2 Å². The van der Waals surface area contributed by atoms with Crippen molar-refractivity contribution in [3.8, 4) is 11.5 Å². The van der Waals surface area contributed by atoms with E-state index in [-0.39, 0.29) is 5.91 Å². The maximum Gasteiger partial charge on any atom is 0.259 e. The topological polar surface area (TPSA) is 60.5 Å². The van der Waals surface area contributed by atoms with E-state index in [9.17, 15) is 4.79 Å². The van der Waals surface area contributed by atoms with Gasteiger partial charge in [0.25, 0.3) is 5.91 Å². The molecule has 0 unspecified atom stereocenters. The SMILES string of the molecule is O=C(Nc1nc2cc3c(cc2s1)OCCO3)c1cc(Cl)ccc1Cl. The lowest BCUT2D eigenvalue weighted by Crippen LogP contribution is -2.15. The molecule has 24 heavy (non-hydrogen) atoms. The van der Waals surface area contributed by atoms with Gasteiger partial charge in [0, 0.05) is 17.2 Å². The van der Waals surface area contributed by atoms with Crippen molar-refractivity contribution in [2.45, 2.75) is 0 Å². The van der Waals surface area contributed by atoms with Gasteiger partial charge >= 0.3 is 0 Å². The van der Waals surface area contributed by atoms with Crippen LogP contribution in [0.4, 0.5) is 5.13 Å². The lowest BCUT2D eigenvalue weighted by Gasteiger charge is -2.17. The fourth-order valence-electron chi connectivity index (χ4n) is 2.35. The number of fused-ring (bicyclic) bond motifs is 2. The number of hydrogen-bond acceptors (Lipinski definition) is 5. The second-order valence-electron chi connectivity index (χ2n) is 5.06. The van der Waals surface area contributed by atoms with Crippen LogP contribution in [0.15, 0.2) is 30.3 Å². The molecule has 4 rings (SSSR count). The van der Waals surface area contributed by atoms with Crippen molar-refractivity contribution >= 4 is 55.8 Å². The molecule has 1 N–H and O–H groups in total.